The molecule has 7 heteroatoms. The van der Waals surface area contributed by atoms with Gasteiger partial charge in [0.1, 0.15) is 11.9 Å². The van der Waals surface area contributed by atoms with Gasteiger partial charge in [-0.25, -0.2) is 0 Å². The van der Waals surface area contributed by atoms with Crippen LogP contribution < -0.4 is 16.4 Å². The minimum Gasteiger partial charge on any atom is -0.384 e. The molecule has 0 aromatic heterocycles. The van der Waals surface area contributed by atoms with Gasteiger partial charge in [-0.1, -0.05) is 54.6 Å². The highest BCUT2D eigenvalue weighted by atomic mass is 35.5. The summed E-state index contributed by atoms with van der Waals surface area (Å²) in [4.78, 5) is 23.8. The molecule has 0 heterocycles. The Kier molecular flexibility index (Phi) is 7.62. The number of nitrogen functional groups attached to an aromatic ring is 1. The highest BCUT2D eigenvalue weighted by Gasteiger charge is 2.20. The monoisotopic (exact) mass is 360 g/mol. The third-order valence-corrected chi connectivity index (χ3v) is 3.47. The van der Waals surface area contributed by atoms with E-state index in [1.54, 1.807) is 36.4 Å². The molecular weight excluding hydrogens is 340 g/mol. The van der Waals surface area contributed by atoms with Gasteiger partial charge < -0.3 is 16.4 Å². The van der Waals surface area contributed by atoms with Crippen molar-refractivity contribution in [1.82, 2.24) is 10.6 Å². The van der Waals surface area contributed by atoms with Crippen molar-refractivity contribution < 1.29 is 9.59 Å². The normalized spacial score (nSPS) is 10.9. The molecule has 0 bridgehead atoms. The number of amidine groups is 1. The van der Waals surface area contributed by atoms with Crippen molar-refractivity contribution in [2.24, 2.45) is 5.73 Å². The second-order valence-corrected chi connectivity index (χ2v) is 5.37. The Morgan fingerprint density at radius 2 is 1.68 bits per heavy atom. The highest BCUT2D eigenvalue weighted by Crippen LogP contribution is 2.13. The fraction of sp³-hybridized carbons (Fsp3) is 0.167. The van der Waals surface area contributed by atoms with Crippen LogP contribution in [0.3, 0.4) is 0 Å². The van der Waals surface area contributed by atoms with Gasteiger partial charge in [0.05, 0.1) is 0 Å². The lowest BCUT2D eigenvalue weighted by molar-refractivity contribution is -0.128. The lowest BCUT2D eigenvalue weighted by Crippen LogP contribution is -2.39. The molecule has 132 valence electrons. The predicted octanol–water partition coefficient (Wildman–Crippen LogP) is 1.89. The lowest BCUT2D eigenvalue weighted by Gasteiger charge is -2.18. The van der Waals surface area contributed by atoms with Crippen LogP contribution in [0, 0.1) is 5.41 Å². The molecule has 2 amide bonds. The van der Waals surface area contributed by atoms with Crippen LogP contribution in [0.25, 0.3) is 0 Å². The number of nitrogens with two attached hydrogens (primary N) is 1. The van der Waals surface area contributed by atoms with E-state index in [0.29, 0.717) is 12.1 Å². The van der Waals surface area contributed by atoms with Crippen molar-refractivity contribution >= 4 is 30.1 Å². The van der Waals surface area contributed by atoms with Gasteiger partial charge in [0.2, 0.25) is 11.8 Å². The fourth-order valence-electron chi connectivity index (χ4n) is 2.24. The van der Waals surface area contributed by atoms with Gasteiger partial charge in [-0.2, -0.15) is 0 Å². The summed E-state index contributed by atoms with van der Waals surface area (Å²) in [5, 5.41) is 12.8. The van der Waals surface area contributed by atoms with Crippen LogP contribution in [0.5, 0.6) is 0 Å². The van der Waals surface area contributed by atoms with Crippen molar-refractivity contribution in [1.29, 1.82) is 5.41 Å². The maximum absolute atomic E-state index is 12.4. The van der Waals surface area contributed by atoms with Crippen molar-refractivity contribution in [3.63, 3.8) is 0 Å². The summed E-state index contributed by atoms with van der Waals surface area (Å²) in [6.07, 6.45) is 0. The Morgan fingerprint density at radius 3 is 2.20 bits per heavy atom. The van der Waals surface area contributed by atoms with Crippen LogP contribution in [0.15, 0.2) is 54.6 Å². The molecule has 0 fully saturated rings. The first-order valence-corrected chi connectivity index (χ1v) is 7.50. The van der Waals surface area contributed by atoms with Gasteiger partial charge >= 0.3 is 0 Å². The summed E-state index contributed by atoms with van der Waals surface area (Å²) in [5.41, 5.74) is 7.64. The van der Waals surface area contributed by atoms with E-state index in [1.807, 2.05) is 18.2 Å². The summed E-state index contributed by atoms with van der Waals surface area (Å²) in [7, 11) is 0. The molecule has 6 nitrogen and oxygen atoms in total. The molecule has 2 aromatic rings. The van der Waals surface area contributed by atoms with Gasteiger partial charge in [0.25, 0.3) is 0 Å². The molecule has 2 aromatic carbocycles. The van der Waals surface area contributed by atoms with Crippen LogP contribution in [0.4, 0.5) is 0 Å². The van der Waals surface area contributed by atoms with Gasteiger partial charge in [-0.15, -0.1) is 12.4 Å². The zero-order valence-electron chi connectivity index (χ0n) is 13.8. The Balaban J connectivity index is 0.00000312. The average molecular weight is 361 g/mol. The summed E-state index contributed by atoms with van der Waals surface area (Å²) < 4.78 is 0. The van der Waals surface area contributed by atoms with E-state index in [4.69, 9.17) is 11.1 Å². The minimum atomic E-state index is -0.736. The van der Waals surface area contributed by atoms with Crippen LogP contribution >= 0.6 is 12.4 Å². The third-order valence-electron chi connectivity index (χ3n) is 3.47. The van der Waals surface area contributed by atoms with Crippen molar-refractivity contribution in [2.75, 3.05) is 0 Å². The smallest absolute Gasteiger partial charge is 0.247 e. The van der Waals surface area contributed by atoms with Gasteiger partial charge in [-0.3, -0.25) is 15.0 Å². The number of halogens is 1. The van der Waals surface area contributed by atoms with Crippen molar-refractivity contribution in [3.8, 4) is 0 Å². The Labute approximate surface area is 152 Å². The molecule has 0 saturated carbocycles. The topological polar surface area (TPSA) is 108 Å². The van der Waals surface area contributed by atoms with Crippen LogP contribution in [0.2, 0.25) is 0 Å². The number of hydrogen-bond donors (Lipinski definition) is 4. The Hall–Kier alpha value is -2.86. The maximum Gasteiger partial charge on any atom is 0.247 e. The molecule has 1 atom stereocenters. The van der Waals surface area contributed by atoms with Crippen molar-refractivity contribution in [3.05, 3.63) is 71.3 Å². The number of rotatable bonds is 6. The molecule has 5 N–H and O–H groups in total. The first-order chi connectivity index (χ1) is 11.5. The van der Waals surface area contributed by atoms with Crippen LogP contribution in [-0.2, 0) is 16.1 Å². The summed E-state index contributed by atoms with van der Waals surface area (Å²) in [6.45, 7) is 1.70. The van der Waals surface area contributed by atoms with Gasteiger partial charge in [0, 0.05) is 19.0 Å². The molecule has 0 aliphatic heterocycles. The molecule has 0 unspecified atom stereocenters. The van der Waals surface area contributed by atoms with E-state index in [1.165, 1.54) is 6.92 Å². The lowest BCUT2D eigenvalue weighted by atomic mass is 10.1. The SMILES string of the molecule is CC(=O)N[C@H](C(=O)NCc1ccc(C(=N)N)cc1)c1ccccc1.Cl. The standard InChI is InChI=1S/C18H20N4O2.ClH/c1-12(23)22-16(14-5-3-2-4-6-14)18(24)21-11-13-7-9-15(10-8-13)17(19)20;/h2-10,16H,11H2,1H3,(H3,19,20)(H,21,24)(H,22,23);1H/t16-;/m0./s1. The number of benzene rings is 2. The molecule has 25 heavy (non-hydrogen) atoms. The zero-order valence-corrected chi connectivity index (χ0v) is 14.6. The van der Waals surface area contributed by atoms with Crippen LogP contribution in [0.1, 0.15) is 29.7 Å². The summed E-state index contributed by atoms with van der Waals surface area (Å²) in [6, 6.07) is 15.4. The maximum atomic E-state index is 12.4. The molecule has 0 spiro atoms. The fourth-order valence-corrected chi connectivity index (χ4v) is 2.24. The molecule has 2 rings (SSSR count). The summed E-state index contributed by atoms with van der Waals surface area (Å²) >= 11 is 0. The predicted molar refractivity (Wildman–Crippen MR) is 99.6 cm³/mol. The van der Waals surface area contributed by atoms with E-state index in [2.05, 4.69) is 10.6 Å². The molecule has 0 radical (unpaired) electrons. The zero-order chi connectivity index (χ0) is 17.5. The molecule has 0 aliphatic rings. The third kappa shape index (κ3) is 5.93. The highest BCUT2D eigenvalue weighted by molar-refractivity contribution is 5.94. The van der Waals surface area contributed by atoms with E-state index in [9.17, 15) is 9.59 Å². The number of carbonyl (C=O) groups is 2. The molecular formula is C18H21ClN4O2. The second kappa shape index (κ2) is 9.44. The number of amides is 2. The van der Waals surface area contributed by atoms with E-state index >= 15 is 0 Å². The number of carbonyl (C=O) groups excluding carboxylic acids is 2. The van der Waals surface area contributed by atoms with Gasteiger partial charge in [-0.05, 0) is 11.1 Å². The molecule has 0 saturated heterocycles. The minimum absolute atomic E-state index is 0. The average Bonchev–Trinajstić information content (AvgIpc) is 2.58. The summed E-state index contributed by atoms with van der Waals surface area (Å²) in [5.74, 6) is -0.558. The van der Waals surface area contributed by atoms with Crippen LogP contribution in [-0.4, -0.2) is 17.6 Å². The quantitative estimate of drug-likeness (QED) is 0.466. The first kappa shape index (κ1) is 20.2. The largest absolute Gasteiger partial charge is 0.384 e. The Bertz CT molecular complexity index is 733. The van der Waals surface area contributed by atoms with E-state index in [0.717, 1.165) is 11.1 Å². The van der Waals surface area contributed by atoms with E-state index in [-0.39, 0.29) is 30.1 Å². The Morgan fingerprint density at radius 1 is 1.08 bits per heavy atom. The first-order valence-electron chi connectivity index (χ1n) is 7.50. The number of nitrogens with one attached hydrogen (secondary N) is 3. The number of hydrogen-bond acceptors (Lipinski definition) is 3. The van der Waals surface area contributed by atoms with E-state index < -0.39 is 6.04 Å². The van der Waals surface area contributed by atoms with Crippen molar-refractivity contribution in [2.45, 2.75) is 19.5 Å². The second-order valence-electron chi connectivity index (χ2n) is 5.37. The van der Waals surface area contributed by atoms with Gasteiger partial charge in [0.15, 0.2) is 0 Å². The molecule has 0 aliphatic carbocycles.